The standard InChI is InChI=1S/C30H54O3S.K/c1-2-3-4-5-6-7-8-9-10-11-12-13-14-15-16-17-18-19-20-21-22-23-25-29-26-24-27-30(28-29)34(31,32)33;/h24,26-28H,2-23,25H2,1H3,(H,31,32,33);/q;+1/p-1. The average Bonchev–Trinajstić information content (AvgIpc) is 2.82. The third-order valence-corrected chi connectivity index (χ3v) is 7.84. The molecule has 0 saturated carbocycles. The summed E-state index contributed by atoms with van der Waals surface area (Å²) in [4.78, 5) is -0.108. The number of benzene rings is 1. The minimum atomic E-state index is -4.34. The van der Waals surface area contributed by atoms with Crippen LogP contribution in [0.2, 0.25) is 0 Å². The van der Waals surface area contributed by atoms with Crippen molar-refractivity contribution in [2.24, 2.45) is 0 Å². The second-order valence-electron chi connectivity index (χ2n) is 10.3. The summed E-state index contributed by atoms with van der Waals surface area (Å²) in [5, 5.41) is 0. The van der Waals surface area contributed by atoms with Crippen LogP contribution in [0.3, 0.4) is 0 Å². The van der Waals surface area contributed by atoms with Gasteiger partial charge in [-0.1, -0.05) is 154 Å². The Morgan fingerprint density at radius 3 is 1.26 bits per heavy atom. The molecule has 0 heterocycles. The Morgan fingerprint density at radius 1 is 0.571 bits per heavy atom. The van der Waals surface area contributed by atoms with Gasteiger partial charge in [0.25, 0.3) is 0 Å². The molecule has 0 radical (unpaired) electrons. The van der Waals surface area contributed by atoms with Gasteiger partial charge in [-0.15, -0.1) is 0 Å². The first-order valence-corrected chi connectivity index (χ1v) is 16.0. The van der Waals surface area contributed by atoms with Gasteiger partial charge in [0.05, 0.1) is 4.90 Å². The van der Waals surface area contributed by atoms with Crippen LogP contribution < -0.4 is 51.4 Å². The van der Waals surface area contributed by atoms with E-state index >= 15 is 0 Å². The molecular weight excluding hydrogens is 479 g/mol. The molecule has 1 aromatic carbocycles. The fourth-order valence-corrected chi connectivity index (χ4v) is 5.34. The molecule has 0 saturated heterocycles. The monoisotopic (exact) mass is 532 g/mol. The zero-order valence-electron chi connectivity index (χ0n) is 23.2. The smallest absolute Gasteiger partial charge is 0.744 e. The van der Waals surface area contributed by atoms with Crippen LogP contribution in [-0.2, 0) is 16.5 Å². The quantitative estimate of drug-likeness (QED) is 0.0841. The van der Waals surface area contributed by atoms with Crippen LogP contribution in [0.4, 0.5) is 0 Å². The van der Waals surface area contributed by atoms with Crippen LogP contribution in [0.1, 0.15) is 154 Å². The van der Waals surface area contributed by atoms with E-state index in [9.17, 15) is 13.0 Å². The van der Waals surface area contributed by atoms with Crippen molar-refractivity contribution in [3.63, 3.8) is 0 Å². The molecule has 0 amide bonds. The Labute approximate surface area is 261 Å². The van der Waals surface area contributed by atoms with E-state index in [-0.39, 0.29) is 56.3 Å². The predicted octanol–water partition coefficient (Wildman–Crippen LogP) is 6.74. The number of rotatable bonds is 24. The summed E-state index contributed by atoms with van der Waals surface area (Å²) in [5.74, 6) is 0. The summed E-state index contributed by atoms with van der Waals surface area (Å²) in [5.41, 5.74) is 0.949. The van der Waals surface area contributed by atoms with Crippen molar-refractivity contribution in [2.45, 2.75) is 159 Å². The number of hydrogen-bond donors (Lipinski definition) is 0. The molecule has 5 heteroatoms. The van der Waals surface area contributed by atoms with Crippen LogP contribution in [0.15, 0.2) is 29.2 Å². The molecule has 0 N–H and O–H groups in total. The molecule has 0 unspecified atom stereocenters. The fourth-order valence-electron chi connectivity index (χ4n) is 4.79. The van der Waals surface area contributed by atoms with Gasteiger partial charge in [-0.25, -0.2) is 8.42 Å². The maximum atomic E-state index is 11.1. The Morgan fingerprint density at radius 2 is 0.914 bits per heavy atom. The first kappa shape index (κ1) is 35.8. The molecule has 198 valence electrons. The molecule has 0 spiro atoms. The molecule has 1 aromatic rings. The van der Waals surface area contributed by atoms with E-state index in [0.29, 0.717) is 0 Å². The Bertz CT molecular complexity index is 691. The van der Waals surface area contributed by atoms with Crippen molar-refractivity contribution in [1.82, 2.24) is 0 Å². The van der Waals surface area contributed by atoms with Crippen LogP contribution in [0, 0.1) is 0 Å². The molecule has 0 aliphatic heterocycles. The summed E-state index contributed by atoms with van der Waals surface area (Å²) in [6, 6.07) is 6.48. The van der Waals surface area contributed by atoms with E-state index in [1.54, 1.807) is 6.07 Å². The van der Waals surface area contributed by atoms with Gasteiger partial charge >= 0.3 is 51.4 Å². The van der Waals surface area contributed by atoms with Gasteiger partial charge in [-0.05, 0) is 30.5 Å². The second kappa shape index (κ2) is 25.1. The van der Waals surface area contributed by atoms with Gasteiger partial charge < -0.3 is 4.55 Å². The molecule has 0 bridgehead atoms. The third kappa shape index (κ3) is 22.5. The van der Waals surface area contributed by atoms with Crippen LogP contribution in [0.25, 0.3) is 0 Å². The predicted molar refractivity (Wildman–Crippen MR) is 145 cm³/mol. The molecule has 0 aliphatic rings. The van der Waals surface area contributed by atoms with Crippen molar-refractivity contribution in [3.8, 4) is 0 Å². The maximum absolute atomic E-state index is 11.1. The van der Waals surface area contributed by atoms with Gasteiger partial charge in [0.1, 0.15) is 10.1 Å². The zero-order valence-corrected chi connectivity index (χ0v) is 27.1. The summed E-state index contributed by atoms with van der Waals surface area (Å²) in [6.45, 7) is 2.29. The summed E-state index contributed by atoms with van der Waals surface area (Å²) < 4.78 is 33.3. The minimum Gasteiger partial charge on any atom is -0.744 e. The largest absolute Gasteiger partial charge is 1.00 e. The Kier molecular flexibility index (Phi) is 25.6. The van der Waals surface area contributed by atoms with Gasteiger partial charge in [-0.2, -0.15) is 0 Å². The van der Waals surface area contributed by atoms with Gasteiger partial charge in [0.15, 0.2) is 0 Å². The molecule has 35 heavy (non-hydrogen) atoms. The van der Waals surface area contributed by atoms with Crippen molar-refractivity contribution in [3.05, 3.63) is 29.8 Å². The van der Waals surface area contributed by atoms with E-state index in [0.717, 1.165) is 18.4 Å². The molecule has 3 nitrogen and oxygen atoms in total. The number of aryl methyl sites for hydroxylation is 1. The van der Waals surface area contributed by atoms with E-state index in [2.05, 4.69) is 6.92 Å². The fraction of sp³-hybridized carbons (Fsp3) is 0.800. The van der Waals surface area contributed by atoms with Crippen molar-refractivity contribution < 1.29 is 64.4 Å². The van der Waals surface area contributed by atoms with Crippen LogP contribution in [0.5, 0.6) is 0 Å². The van der Waals surface area contributed by atoms with Crippen molar-refractivity contribution in [1.29, 1.82) is 0 Å². The molecule has 0 fully saturated rings. The SMILES string of the molecule is CCCCCCCCCCCCCCCCCCCCCCCCc1cccc(S(=O)(=O)[O-])c1.[K+]. The summed E-state index contributed by atoms with van der Waals surface area (Å²) in [6.07, 6.45) is 31.2. The third-order valence-electron chi connectivity index (χ3n) is 7.01. The summed E-state index contributed by atoms with van der Waals surface area (Å²) in [7, 11) is -4.34. The molecule has 0 atom stereocenters. The van der Waals surface area contributed by atoms with Crippen LogP contribution >= 0.6 is 0 Å². The number of hydrogen-bond acceptors (Lipinski definition) is 3. The molecule has 1 rings (SSSR count). The van der Waals surface area contributed by atoms with E-state index in [4.69, 9.17) is 0 Å². The minimum absolute atomic E-state index is 0. The van der Waals surface area contributed by atoms with E-state index in [1.807, 2.05) is 6.07 Å². The van der Waals surface area contributed by atoms with E-state index in [1.165, 1.54) is 147 Å². The summed E-state index contributed by atoms with van der Waals surface area (Å²) >= 11 is 0. The average molecular weight is 533 g/mol. The van der Waals surface area contributed by atoms with Crippen molar-refractivity contribution in [2.75, 3.05) is 0 Å². The topological polar surface area (TPSA) is 57.2 Å². The van der Waals surface area contributed by atoms with Gasteiger partial charge in [-0.3, -0.25) is 0 Å². The van der Waals surface area contributed by atoms with E-state index < -0.39 is 10.1 Å². The zero-order chi connectivity index (χ0) is 24.7. The molecule has 0 aromatic heterocycles. The second-order valence-corrected chi connectivity index (χ2v) is 11.7. The Hall–Kier alpha value is 0.766. The van der Waals surface area contributed by atoms with Crippen molar-refractivity contribution >= 4 is 10.1 Å². The molecule has 0 aliphatic carbocycles. The normalized spacial score (nSPS) is 11.5. The Balaban J connectivity index is 0.0000116. The number of unbranched alkanes of at least 4 members (excludes halogenated alkanes) is 21. The first-order chi connectivity index (χ1) is 16.5. The first-order valence-electron chi connectivity index (χ1n) is 14.6. The van der Waals surface area contributed by atoms with Crippen LogP contribution in [-0.4, -0.2) is 13.0 Å². The van der Waals surface area contributed by atoms with Gasteiger partial charge in [0.2, 0.25) is 0 Å². The maximum Gasteiger partial charge on any atom is 1.00 e. The molecular formula is C30H53KO3S. The van der Waals surface area contributed by atoms with Gasteiger partial charge in [0, 0.05) is 0 Å².